The molecule has 2 atom stereocenters. The summed E-state index contributed by atoms with van der Waals surface area (Å²) in [5.74, 6) is 0.596. The van der Waals surface area contributed by atoms with Gasteiger partial charge in [0.25, 0.3) is 5.91 Å². The molecule has 36 heavy (non-hydrogen) atoms. The van der Waals surface area contributed by atoms with E-state index >= 15 is 0 Å². The van der Waals surface area contributed by atoms with Gasteiger partial charge >= 0.3 is 0 Å². The molecule has 0 aliphatic carbocycles. The van der Waals surface area contributed by atoms with E-state index in [0.717, 1.165) is 31.6 Å². The van der Waals surface area contributed by atoms with Gasteiger partial charge in [-0.15, -0.1) is 5.10 Å². The number of benzene rings is 1. The van der Waals surface area contributed by atoms with Crippen molar-refractivity contribution in [1.29, 1.82) is 0 Å². The Hall–Kier alpha value is -3.11. The number of unbranched alkanes of at least 4 members (excludes halogenated alkanes) is 1. The molecule has 0 spiro atoms. The predicted molar refractivity (Wildman–Crippen MR) is 133 cm³/mol. The van der Waals surface area contributed by atoms with E-state index in [4.69, 9.17) is 9.15 Å². The largest absolute Gasteiger partial charge is 0.448 e. The number of carbonyl (C=O) groups is 1. The van der Waals surface area contributed by atoms with Crippen molar-refractivity contribution in [3.63, 3.8) is 0 Å². The molecule has 0 saturated carbocycles. The van der Waals surface area contributed by atoms with Crippen molar-refractivity contribution in [3.8, 4) is 5.69 Å². The van der Waals surface area contributed by atoms with E-state index in [1.807, 2.05) is 4.90 Å². The molecule has 0 radical (unpaired) electrons. The highest BCUT2D eigenvalue weighted by molar-refractivity contribution is 5.93. The quantitative estimate of drug-likeness (QED) is 0.403. The monoisotopic (exact) mass is 498 g/mol. The third-order valence-corrected chi connectivity index (χ3v) is 6.50. The van der Waals surface area contributed by atoms with Crippen LogP contribution in [0.3, 0.4) is 0 Å². The number of halogens is 1. The van der Waals surface area contributed by atoms with E-state index in [1.165, 1.54) is 17.1 Å². The van der Waals surface area contributed by atoms with Gasteiger partial charge in [-0.25, -0.2) is 14.1 Å². The lowest BCUT2D eigenvalue weighted by molar-refractivity contribution is 0.0597. The van der Waals surface area contributed by atoms with Crippen molar-refractivity contribution in [2.24, 2.45) is 5.92 Å². The van der Waals surface area contributed by atoms with Gasteiger partial charge in [0, 0.05) is 45.3 Å². The molecule has 9 nitrogen and oxygen atoms in total. The highest BCUT2D eigenvalue weighted by Crippen LogP contribution is 2.28. The summed E-state index contributed by atoms with van der Waals surface area (Å²) in [6, 6.07) is 6.36. The Balaban J connectivity index is 1.65. The predicted octanol–water partition coefficient (Wildman–Crippen LogP) is 3.61. The maximum absolute atomic E-state index is 14.7. The molecule has 2 aromatic heterocycles. The number of ether oxygens (including phenoxy) is 1. The van der Waals surface area contributed by atoms with Crippen LogP contribution in [0.15, 0.2) is 41.3 Å². The molecule has 1 amide bonds. The normalized spacial score (nSPS) is 18.0. The number of amides is 1. The maximum atomic E-state index is 14.7. The van der Waals surface area contributed by atoms with Crippen LogP contribution in [-0.4, -0.2) is 70.2 Å². The number of hydrogen-bond acceptors (Lipinski definition) is 7. The summed E-state index contributed by atoms with van der Waals surface area (Å²) in [7, 11) is 1.66. The summed E-state index contributed by atoms with van der Waals surface area (Å²) >= 11 is 0. The fourth-order valence-electron chi connectivity index (χ4n) is 4.78. The molecule has 1 unspecified atom stereocenters. The Bertz CT molecular complexity index is 1120. The SMILES string of the molecule is COCCCCc1c(C(=O)N(CC(C)C)[C@@H]2CNCC(c3cnco3)C2)nnn1-c1ccccc1F. The van der Waals surface area contributed by atoms with Crippen LogP contribution in [0.5, 0.6) is 0 Å². The summed E-state index contributed by atoms with van der Waals surface area (Å²) < 4.78 is 26.9. The van der Waals surface area contributed by atoms with Crippen molar-refractivity contribution >= 4 is 5.91 Å². The second-order valence-electron chi connectivity index (χ2n) is 9.70. The first-order chi connectivity index (χ1) is 17.5. The average Bonchev–Trinajstić information content (AvgIpc) is 3.56. The molecule has 194 valence electrons. The van der Waals surface area contributed by atoms with Crippen molar-refractivity contribution in [1.82, 2.24) is 30.2 Å². The summed E-state index contributed by atoms with van der Waals surface area (Å²) in [5, 5.41) is 12.0. The van der Waals surface area contributed by atoms with Crippen LogP contribution in [0, 0.1) is 11.7 Å². The molecule has 1 fully saturated rings. The molecule has 1 aromatic carbocycles. The van der Waals surface area contributed by atoms with Gasteiger partial charge in [0.15, 0.2) is 12.1 Å². The minimum Gasteiger partial charge on any atom is -0.448 e. The van der Waals surface area contributed by atoms with Crippen molar-refractivity contribution in [2.75, 3.05) is 33.4 Å². The first kappa shape index (κ1) is 26.0. The minimum atomic E-state index is -0.412. The van der Waals surface area contributed by atoms with Crippen molar-refractivity contribution in [3.05, 3.63) is 59.8 Å². The molecule has 1 aliphatic heterocycles. The van der Waals surface area contributed by atoms with Crippen LogP contribution in [0.2, 0.25) is 0 Å². The number of piperidine rings is 1. The van der Waals surface area contributed by atoms with E-state index < -0.39 is 5.82 Å². The van der Waals surface area contributed by atoms with Crippen LogP contribution in [0.4, 0.5) is 4.39 Å². The third-order valence-electron chi connectivity index (χ3n) is 6.50. The van der Waals surface area contributed by atoms with Crippen LogP contribution in [0.25, 0.3) is 5.69 Å². The number of aromatic nitrogens is 4. The van der Waals surface area contributed by atoms with Crippen molar-refractivity contribution < 1.29 is 18.3 Å². The molecule has 0 bridgehead atoms. The first-order valence-electron chi connectivity index (χ1n) is 12.6. The van der Waals surface area contributed by atoms with Crippen LogP contribution >= 0.6 is 0 Å². The molecule has 1 N–H and O–H groups in total. The molecule has 10 heteroatoms. The van der Waals surface area contributed by atoms with Gasteiger partial charge in [0.2, 0.25) is 0 Å². The molecule has 3 heterocycles. The number of methoxy groups -OCH3 is 1. The van der Waals surface area contributed by atoms with Gasteiger partial charge in [-0.1, -0.05) is 31.2 Å². The molecule has 4 rings (SSSR count). The van der Waals surface area contributed by atoms with Crippen LogP contribution in [0.1, 0.15) is 61.0 Å². The van der Waals surface area contributed by atoms with E-state index in [2.05, 4.69) is 34.5 Å². The molecule has 1 aliphatic rings. The average molecular weight is 499 g/mol. The molecule has 3 aromatic rings. The van der Waals surface area contributed by atoms with Crippen molar-refractivity contribution in [2.45, 2.75) is 51.5 Å². The fourth-order valence-corrected chi connectivity index (χ4v) is 4.78. The van der Waals surface area contributed by atoms with Crippen LogP contribution < -0.4 is 5.32 Å². The third kappa shape index (κ3) is 5.99. The van der Waals surface area contributed by atoms with Gasteiger partial charge in [0.1, 0.15) is 17.3 Å². The number of oxazole rings is 1. The van der Waals surface area contributed by atoms with Crippen LogP contribution in [-0.2, 0) is 11.2 Å². The van der Waals surface area contributed by atoms with E-state index in [9.17, 15) is 9.18 Å². The smallest absolute Gasteiger partial charge is 0.276 e. The summed E-state index contributed by atoms with van der Waals surface area (Å²) in [6.45, 7) is 6.81. The number of nitrogens with one attached hydrogen (secondary N) is 1. The van der Waals surface area contributed by atoms with Gasteiger partial charge in [-0.2, -0.15) is 0 Å². The number of para-hydroxylation sites is 1. The Morgan fingerprint density at radius 3 is 2.86 bits per heavy atom. The zero-order valence-corrected chi connectivity index (χ0v) is 21.2. The zero-order valence-electron chi connectivity index (χ0n) is 21.2. The molecular weight excluding hydrogens is 463 g/mol. The van der Waals surface area contributed by atoms with Gasteiger partial charge < -0.3 is 19.4 Å². The van der Waals surface area contributed by atoms with E-state index in [-0.39, 0.29) is 35.2 Å². The number of hydrogen-bond donors (Lipinski definition) is 1. The highest BCUT2D eigenvalue weighted by atomic mass is 19.1. The Morgan fingerprint density at radius 2 is 2.14 bits per heavy atom. The summed E-state index contributed by atoms with van der Waals surface area (Å²) in [4.78, 5) is 20.0. The number of nitrogens with zero attached hydrogens (tertiary/aromatic N) is 5. The van der Waals surface area contributed by atoms with E-state index in [0.29, 0.717) is 31.8 Å². The summed E-state index contributed by atoms with van der Waals surface area (Å²) in [6.07, 6.45) is 6.04. The molecular formula is C26H35FN6O3. The highest BCUT2D eigenvalue weighted by Gasteiger charge is 2.35. The second kappa shape index (κ2) is 12.2. The lowest BCUT2D eigenvalue weighted by Crippen LogP contribution is -2.52. The fraction of sp³-hybridized carbons (Fsp3) is 0.538. The van der Waals surface area contributed by atoms with Gasteiger partial charge in [0.05, 0.1) is 11.9 Å². The van der Waals surface area contributed by atoms with Gasteiger partial charge in [-0.3, -0.25) is 4.79 Å². The standard InChI is InChI=1S/C26H35FN6O3/c1-18(2)16-32(20-12-19(13-28-14-20)24-15-29-17-36-24)26(34)25-23(10-6-7-11-35-3)33(31-30-25)22-9-5-4-8-21(22)27/h4-5,8-9,15,17-20,28H,6-7,10-14,16H2,1-3H3/t19?,20-/m0/s1. The lowest BCUT2D eigenvalue weighted by atomic mass is 9.92. The van der Waals surface area contributed by atoms with E-state index in [1.54, 1.807) is 31.5 Å². The zero-order chi connectivity index (χ0) is 25.5. The van der Waals surface area contributed by atoms with Gasteiger partial charge in [-0.05, 0) is 43.7 Å². The summed E-state index contributed by atoms with van der Waals surface area (Å²) in [5.41, 5.74) is 1.18. The lowest BCUT2D eigenvalue weighted by Gasteiger charge is -2.38. The minimum absolute atomic E-state index is 0.0521. The topological polar surface area (TPSA) is 98.3 Å². The Kier molecular flexibility index (Phi) is 8.82. The Morgan fingerprint density at radius 1 is 1.31 bits per heavy atom. The maximum Gasteiger partial charge on any atom is 0.276 e. The number of carbonyl (C=O) groups excluding carboxylic acids is 1. The molecule has 1 saturated heterocycles. The first-order valence-corrected chi connectivity index (χ1v) is 12.6. The number of rotatable bonds is 11. The Labute approximate surface area is 211 Å². The second-order valence-corrected chi connectivity index (χ2v) is 9.70.